The van der Waals surface area contributed by atoms with E-state index in [-0.39, 0.29) is 51.4 Å². The first kappa shape index (κ1) is 37.0. The monoisotopic (exact) mass is 633 g/mol. The Bertz CT molecular complexity index is 839. The van der Waals surface area contributed by atoms with E-state index in [1.807, 2.05) is 0 Å². The van der Waals surface area contributed by atoms with Crippen LogP contribution in [0.1, 0.15) is 0 Å². The molecule has 1 fully saturated rings. The van der Waals surface area contributed by atoms with Crippen molar-refractivity contribution in [2.75, 3.05) is 0 Å². The average Bonchev–Trinajstić information content (AvgIpc) is 2.89. The van der Waals surface area contributed by atoms with Crippen molar-refractivity contribution in [3.05, 3.63) is 0 Å². The maximum Gasteiger partial charge on any atom is 0.424 e. The van der Waals surface area contributed by atoms with Crippen molar-refractivity contribution < 1.29 is 107 Å². The van der Waals surface area contributed by atoms with Gasteiger partial charge in [-0.2, -0.15) is 74.6 Å². The van der Waals surface area contributed by atoms with Crippen LogP contribution in [0.2, 0.25) is 0 Å². The van der Waals surface area contributed by atoms with Gasteiger partial charge in [0.2, 0.25) is 0 Å². The van der Waals surface area contributed by atoms with Crippen LogP contribution >= 0.6 is 0 Å². The molecule has 1 N–H and O–H groups in total. The minimum Gasteiger partial charge on any atom is -0.332 e. The third-order valence-electron chi connectivity index (χ3n) is 4.32. The number of rotatable bonds is 9. The fourth-order valence-electron chi connectivity index (χ4n) is 2.31. The van der Waals surface area contributed by atoms with Crippen LogP contribution in [0.5, 0.6) is 0 Å². The van der Waals surface area contributed by atoms with Crippen molar-refractivity contribution in [1.82, 2.24) is 0 Å². The Hall–Kier alpha value is 0.0464. The summed E-state index contributed by atoms with van der Waals surface area (Å²) in [5.41, 5.74) is 0. The summed E-state index contributed by atoms with van der Waals surface area (Å²) < 4.78 is 281. The Morgan fingerprint density at radius 3 is 1.11 bits per heavy atom. The number of halogens is 21. The summed E-state index contributed by atoms with van der Waals surface area (Å²) in [6.07, 6.45) is -27.7. The summed E-state index contributed by atoms with van der Waals surface area (Å²) in [6, 6.07) is 0. The summed E-state index contributed by atoms with van der Waals surface area (Å²) in [7, 11) is 0. The molecule has 0 aliphatic carbocycles. The maximum atomic E-state index is 14.3. The van der Waals surface area contributed by atoms with Gasteiger partial charge in [0.25, 0.3) is 0 Å². The third-order valence-corrected chi connectivity index (χ3v) is 4.32. The molecule has 2 unspecified atom stereocenters. The van der Waals surface area contributed by atoms with Gasteiger partial charge in [-0.05, 0) is 0 Å². The van der Waals surface area contributed by atoms with Crippen LogP contribution in [-0.4, -0.2) is 129 Å². The van der Waals surface area contributed by atoms with Crippen molar-refractivity contribution in [1.29, 1.82) is 0 Å². The smallest absolute Gasteiger partial charge is 0.332 e. The zero-order valence-electron chi connectivity index (χ0n) is 16.4. The van der Waals surface area contributed by atoms with Gasteiger partial charge < -0.3 is 5.11 Å². The molecular formula is C12H3F21KO3. The first-order valence-corrected chi connectivity index (χ1v) is 7.70. The summed E-state index contributed by atoms with van der Waals surface area (Å²) in [5.74, 6) is -65.1. The second-order valence-electron chi connectivity index (χ2n) is 6.62. The van der Waals surface area contributed by atoms with Gasteiger partial charge in [0.05, 0.1) is 0 Å². The molecule has 37 heavy (non-hydrogen) atoms. The Morgan fingerprint density at radius 2 is 0.838 bits per heavy atom. The third kappa shape index (κ3) is 4.53. The number of hydrogen-bond acceptors (Lipinski definition) is 3. The molecule has 25 heteroatoms. The van der Waals surface area contributed by atoms with Gasteiger partial charge in [0, 0.05) is 51.4 Å². The average molecular weight is 633 g/mol. The summed E-state index contributed by atoms with van der Waals surface area (Å²) in [4.78, 5) is 0. The first-order valence-electron chi connectivity index (χ1n) is 7.70. The summed E-state index contributed by atoms with van der Waals surface area (Å²) in [5, 5.41) is 8.22. The summed E-state index contributed by atoms with van der Waals surface area (Å²) in [6.45, 7) is 0. The molecule has 217 valence electrons. The minimum absolute atomic E-state index is 0. The number of ether oxygens (including phenoxy) is 2. The van der Waals surface area contributed by atoms with E-state index in [0.717, 1.165) is 0 Å². The Kier molecular flexibility index (Phi) is 9.57. The van der Waals surface area contributed by atoms with Crippen LogP contribution in [-0.2, 0) is 9.47 Å². The van der Waals surface area contributed by atoms with Gasteiger partial charge in [-0.3, -0.25) is 9.47 Å². The standard InChI is InChI=1S/C12H3F21O3.K/c13-1(14)3(17,18)5(21,22)7(25,26)9(29)12(32,33)36-10(35-9,11(30,31)34)8(27,28)6(23,24)4(19,20)2(15)16;/h1-2,34H;. The van der Waals surface area contributed by atoms with Gasteiger partial charge in [-0.15, -0.1) is 0 Å². The number of alkyl halides is 21. The SMILES string of the molecule is OC(F)(F)C1(C(F)(F)C(F)(F)C(F)(F)C(F)F)OC(F)(F)C(F)(C(F)(F)C(F)(F)C(F)(F)C(F)F)O1.[K]. The molecule has 0 aromatic heterocycles. The van der Waals surface area contributed by atoms with E-state index in [9.17, 15) is 92.2 Å². The number of hydrogen-bond donors (Lipinski definition) is 1. The van der Waals surface area contributed by atoms with Crippen molar-refractivity contribution in [2.24, 2.45) is 0 Å². The van der Waals surface area contributed by atoms with Crippen LogP contribution < -0.4 is 0 Å². The van der Waals surface area contributed by atoms with Crippen LogP contribution in [0, 0.1) is 0 Å². The zero-order chi connectivity index (χ0) is 29.6. The molecule has 1 heterocycles. The molecule has 0 saturated carbocycles. The zero-order valence-corrected chi connectivity index (χ0v) is 19.5. The molecule has 1 rings (SSSR count). The molecule has 2 atom stereocenters. The van der Waals surface area contributed by atoms with Crippen LogP contribution in [0.15, 0.2) is 0 Å². The fourth-order valence-corrected chi connectivity index (χ4v) is 2.31. The van der Waals surface area contributed by atoms with E-state index in [2.05, 4.69) is 0 Å². The van der Waals surface area contributed by atoms with Crippen molar-refractivity contribution in [3.63, 3.8) is 0 Å². The molecule has 1 saturated heterocycles. The van der Waals surface area contributed by atoms with Crippen LogP contribution in [0.4, 0.5) is 92.2 Å². The predicted molar refractivity (Wildman–Crippen MR) is 68.3 cm³/mol. The summed E-state index contributed by atoms with van der Waals surface area (Å²) >= 11 is 0. The maximum absolute atomic E-state index is 14.3. The van der Waals surface area contributed by atoms with Crippen molar-refractivity contribution in [2.45, 2.75) is 72.2 Å². The van der Waals surface area contributed by atoms with Gasteiger partial charge in [0.1, 0.15) is 0 Å². The van der Waals surface area contributed by atoms with E-state index < -0.39 is 72.2 Å². The predicted octanol–water partition coefficient (Wildman–Crippen LogP) is 5.53. The van der Waals surface area contributed by atoms with Gasteiger partial charge in [-0.1, -0.05) is 0 Å². The molecule has 0 spiro atoms. The van der Waals surface area contributed by atoms with E-state index in [1.54, 1.807) is 9.47 Å². The largest absolute Gasteiger partial charge is 0.424 e. The van der Waals surface area contributed by atoms with Gasteiger partial charge in [-0.25, -0.2) is 17.6 Å². The molecule has 1 radical (unpaired) electrons. The van der Waals surface area contributed by atoms with Crippen LogP contribution in [0.3, 0.4) is 0 Å². The van der Waals surface area contributed by atoms with Crippen molar-refractivity contribution >= 4 is 51.4 Å². The topological polar surface area (TPSA) is 38.7 Å². The molecule has 0 amide bonds. The van der Waals surface area contributed by atoms with Crippen molar-refractivity contribution in [3.8, 4) is 0 Å². The molecular weight excluding hydrogens is 630 g/mol. The quantitative estimate of drug-likeness (QED) is 0.268. The van der Waals surface area contributed by atoms with E-state index in [1.165, 1.54) is 0 Å². The second-order valence-corrected chi connectivity index (χ2v) is 6.62. The molecule has 0 aromatic carbocycles. The van der Waals surface area contributed by atoms with Crippen LogP contribution in [0.25, 0.3) is 0 Å². The van der Waals surface area contributed by atoms with E-state index >= 15 is 0 Å². The number of aliphatic hydroxyl groups is 1. The second kappa shape index (κ2) is 9.56. The Labute approximate surface area is 229 Å². The first-order chi connectivity index (χ1) is 15.3. The fraction of sp³-hybridized carbons (Fsp3) is 1.00. The van der Waals surface area contributed by atoms with Gasteiger partial charge in [0.15, 0.2) is 0 Å². The van der Waals surface area contributed by atoms with Gasteiger partial charge >= 0.3 is 72.2 Å². The minimum atomic E-state index is -8.53. The Morgan fingerprint density at radius 1 is 0.541 bits per heavy atom. The molecule has 1 aliphatic rings. The molecule has 0 aromatic rings. The molecule has 0 bridgehead atoms. The molecule has 1 aliphatic heterocycles. The normalized spacial score (nSPS) is 26.6. The van der Waals surface area contributed by atoms with E-state index in [4.69, 9.17) is 5.11 Å². The van der Waals surface area contributed by atoms with E-state index in [0.29, 0.717) is 0 Å². The Balaban J connectivity index is 0.0000130. The molecule has 3 nitrogen and oxygen atoms in total.